The van der Waals surface area contributed by atoms with Crippen molar-refractivity contribution in [1.82, 2.24) is 4.68 Å². The molecule has 0 bridgehead atoms. The van der Waals surface area contributed by atoms with Gasteiger partial charge < -0.3 is 9.47 Å². The molecule has 0 saturated heterocycles. The van der Waals surface area contributed by atoms with Crippen molar-refractivity contribution >= 4 is 23.8 Å². The van der Waals surface area contributed by atoms with Gasteiger partial charge in [-0.25, -0.2) is 14.3 Å². The molecule has 8 heteroatoms. The van der Waals surface area contributed by atoms with Crippen LogP contribution < -0.4 is 5.01 Å². The Morgan fingerprint density at radius 3 is 1.69 bits per heavy atom. The van der Waals surface area contributed by atoms with Crippen molar-refractivity contribution in [3.05, 3.63) is 92.8 Å². The van der Waals surface area contributed by atoms with Gasteiger partial charge >= 0.3 is 11.9 Å². The highest BCUT2D eigenvalue weighted by molar-refractivity contribution is 6.21. The predicted molar refractivity (Wildman–Crippen MR) is 147 cm³/mol. The number of imide groups is 1. The van der Waals surface area contributed by atoms with Crippen LogP contribution in [0.3, 0.4) is 0 Å². The third-order valence-corrected chi connectivity index (χ3v) is 7.08. The largest absolute Gasteiger partial charge is 0.462 e. The first kappa shape index (κ1) is 27.8. The molecule has 2 amide bonds. The molecule has 4 rings (SSSR count). The van der Waals surface area contributed by atoms with E-state index in [0.29, 0.717) is 5.56 Å². The van der Waals surface area contributed by atoms with E-state index in [-0.39, 0.29) is 41.5 Å². The smallest absolute Gasteiger partial charge is 0.357 e. The molecule has 204 valence electrons. The van der Waals surface area contributed by atoms with Crippen molar-refractivity contribution in [3.8, 4) is 0 Å². The average Bonchev–Trinajstić information content (AvgIpc) is 3.67. The topological polar surface area (TPSA) is 94.9 Å². The lowest BCUT2D eigenvalue weighted by Gasteiger charge is -2.25. The fourth-order valence-electron chi connectivity index (χ4n) is 4.51. The van der Waals surface area contributed by atoms with Crippen LogP contribution in [0.15, 0.2) is 42.6 Å². The maximum absolute atomic E-state index is 14.1. The second kappa shape index (κ2) is 11.3. The zero-order valence-electron chi connectivity index (χ0n) is 23.3. The molecule has 0 N–H and O–H groups in total. The number of hydrogen-bond acceptors (Lipinski definition) is 6. The van der Waals surface area contributed by atoms with Crippen LogP contribution in [0.25, 0.3) is 0 Å². The number of esters is 2. The number of rotatable bonds is 8. The molecule has 0 radical (unpaired) electrons. The predicted octanol–water partition coefficient (Wildman–Crippen LogP) is 5.57. The fourth-order valence-corrected chi connectivity index (χ4v) is 4.51. The fraction of sp³-hybridized carbons (Fsp3) is 0.355. The van der Waals surface area contributed by atoms with Gasteiger partial charge in [0.2, 0.25) is 0 Å². The van der Waals surface area contributed by atoms with Gasteiger partial charge in [0.15, 0.2) is 5.69 Å². The van der Waals surface area contributed by atoms with Crippen molar-refractivity contribution in [2.24, 2.45) is 0 Å². The molecule has 8 nitrogen and oxygen atoms in total. The van der Waals surface area contributed by atoms with Gasteiger partial charge in [-0.15, -0.1) is 0 Å². The Bertz CT molecular complexity index is 1400. The van der Waals surface area contributed by atoms with Gasteiger partial charge in [-0.1, -0.05) is 12.1 Å². The summed E-state index contributed by atoms with van der Waals surface area (Å²) < 4.78 is 11.8. The molecule has 1 heterocycles. The highest BCUT2D eigenvalue weighted by Crippen LogP contribution is 2.45. The van der Waals surface area contributed by atoms with E-state index in [9.17, 15) is 19.2 Å². The summed E-state index contributed by atoms with van der Waals surface area (Å²) in [4.78, 5) is 54.7. The van der Waals surface area contributed by atoms with Crippen molar-refractivity contribution in [1.29, 1.82) is 0 Å². The van der Waals surface area contributed by atoms with Crippen molar-refractivity contribution in [2.45, 2.75) is 60.3 Å². The minimum Gasteiger partial charge on any atom is -0.462 e. The highest BCUT2D eigenvalue weighted by atomic mass is 16.5. The Morgan fingerprint density at radius 1 is 0.769 bits per heavy atom. The van der Waals surface area contributed by atoms with E-state index < -0.39 is 23.8 Å². The summed E-state index contributed by atoms with van der Waals surface area (Å²) in [6.07, 6.45) is 2.88. The first-order chi connectivity index (χ1) is 18.6. The number of carbonyl (C=O) groups excluding carboxylic acids is 4. The van der Waals surface area contributed by atoms with Crippen molar-refractivity contribution < 1.29 is 28.7 Å². The van der Waals surface area contributed by atoms with Crippen LogP contribution in [0.1, 0.15) is 102 Å². The van der Waals surface area contributed by atoms with Crippen LogP contribution in [0.5, 0.6) is 0 Å². The number of ether oxygens (including phenoxy) is 2. The van der Waals surface area contributed by atoms with Gasteiger partial charge in [-0.3, -0.25) is 9.59 Å². The Morgan fingerprint density at radius 2 is 1.26 bits per heavy atom. The molecule has 0 unspecified atom stereocenters. The number of aryl methyl sites for hydroxylation is 4. The van der Waals surface area contributed by atoms with Crippen LogP contribution in [0, 0.1) is 27.7 Å². The van der Waals surface area contributed by atoms with Crippen LogP contribution in [-0.2, 0) is 9.47 Å². The Hall–Kier alpha value is -4.20. The molecule has 0 atom stereocenters. The van der Waals surface area contributed by atoms with E-state index in [1.54, 1.807) is 38.1 Å². The summed E-state index contributed by atoms with van der Waals surface area (Å²) in [5.41, 5.74) is 4.85. The summed E-state index contributed by atoms with van der Waals surface area (Å²) >= 11 is 0. The summed E-state index contributed by atoms with van der Waals surface area (Å²) in [7, 11) is 0. The van der Waals surface area contributed by atoms with E-state index in [1.165, 1.54) is 10.9 Å². The van der Waals surface area contributed by atoms with Gasteiger partial charge in [0.25, 0.3) is 11.8 Å². The van der Waals surface area contributed by atoms with Crippen LogP contribution in [0.2, 0.25) is 0 Å². The minimum absolute atomic E-state index is 0.0169. The molecule has 1 saturated carbocycles. The number of amides is 2. The zero-order chi connectivity index (χ0) is 28.4. The zero-order valence-corrected chi connectivity index (χ0v) is 23.3. The van der Waals surface area contributed by atoms with E-state index >= 15 is 0 Å². The maximum Gasteiger partial charge on any atom is 0.357 e. The van der Waals surface area contributed by atoms with E-state index in [1.807, 2.05) is 39.8 Å². The number of benzene rings is 2. The van der Waals surface area contributed by atoms with E-state index in [4.69, 9.17) is 9.47 Å². The lowest BCUT2D eigenvalue weighted by Crippen LogP contribution is -2.46. The van der Waals surface area contributed by atoms with Crippen molar-refractivity contribution in [3.63, 3.8) is 0 Å². The molecule has 39 heavy (non-hydrogen) atoms. The second-order valence-electron chi connectivity index (χ2n) is 9.89. The Balaban J connectivity index is 1.99. The van der Waals surface area contributed by atoms with Crippen molar-refractivity contribution in [2.75, 3.05) is 18.2 Å². The Kier molecular flexibility index (Phi) is 8.04. The normalized spacial score (nSPS) is 12.7. The first-order valence-electron chi connectivity index (χ1n) is 13.2. The third-order valence-electron chi connectivity index (χ3n) is 7.08. The monoisotopic (exact) mass is 530 g/mol. The molecular formula is C31H34N2O6. The van der Waals surface area contributed by atoms with Crippen LogP contribution >= 0.6 is 0 Å². The number of hydrogen-bond donors (Lipinski definition) is 0. The third kappa shape index (κ3) is 5.50. The first-order valence-corrected chi connectivity index (χ1v) is 13.2. The quantitative estimate of drug-likeness (QED) is 0.279. The molecule has 3 aromatic rings. The van der Waals surface area contributed by atoms with Gasteiger partial charge in [0.1, 0.15) is 0 Å². The van der Waals surface area contributed by atoms with Gasteiger partial charge in [-0.2, -0.15) is 5.01 Å². The van der Waals surface area contributed by atoms with Gasteiger partial charge in [0.05, 0.1) is 18.8 Å². The number of nitrogens with zero attached hydrogens (tertiary/aromatic N) is 2. The molecule has 0 spiro atoms. The van der Waals surface area contributed by atoms with Gasteiger partial charge in [0, 0.05) is 22.9 Å². The molecule has 1 aliphatic rings. The number of carbonyl (C=O) groups is 4. The van der Waals surface area contributed by atoms with Crippen LogP contribution in [-0.4, -0.2) is 41.6 Å². The molecule has 2 aromatic carbocycles. The number of aromatic nitrogens is 1. The minimum atomic E-state index is -0.722. The maximum atomic E-state index is 14.1. The standard InChI is InChI=1S/C31H34N2O6/c1-7-38-30(36)25-17-32(27(31(37)39-8-2)26(25)22-13-14-22)33(28(34)23-11-9-18(3)20(5)15-23)29(35)24-12-10-19(4)21(6)16-24/h9-12,15-17,22H,7-8,13-14H2,1-6H3. The lowest BCUT2D eigenvalue weighted by molar-refractivity contribution is 0.0510. The molecule has 1 aromatic heterocycles. The van der Waals surface area contributed by atoms with E-state index in [0.717, 1.165) is 40.1 Å². The van der Waals surface area contributed by atoms with Gasteiger partial charge in [-0.05, 0) is 107 Å². The Labute approximate surface area is 228 Å². The summed E-state index contributed by atoms with van der Waals surface area (Å²) in [6.45, 7) is 11.2. The molecule has 0 aliphatic heterocycles. The molecule has 1 aliphatic carbocycles. The lowest BCUT2D eigenvalue weighted by atomic mass is 10.0. The SMILES string of the molecule is CCOC(=O)c1cn(N(C(=O)c2ccc(C)c(C)c2)C(=O)c2ccc(C)c(C)c2)c(C(=O)OCC)c1C1CC1. The average molecular weight is 531 g/mol. The summed E-state index contributed by atoms with van der Waals surface area (Å²) in [5.74, 6) is -2.71. The van der Waals surface area contributed by atoms with E-state index in [2.05, 4.69) is 0 Å². The van der Waals surface area contributed by atoms with Crippen LogP contribution in [0.4, 0.5) is 0 Å². The molecule has 1 fully saturated rings. The summed E-state index contributed by atoms with van der Waals surface area (Å²) in [5, 5.41) is 0.926. The second-order valence-corrected chi connectivity index (χ2v) is 9.89. The summed E-state index contributed by atoms with van der Waals surface area (Å²) in [6, 6.07) is 10.3. The highest BCUT2D eigenvalue weighted by Gasteiger charge is 2.40. The molecular weight excluding hydrogens is 496 g/mol.